The van der Waals surface area contributed by atoms with E-state index in [2.05, 4.69) is 17.2 Å². The number of furan rings is 1. The highest BCUT2D eigenvalue weighted by molar-refractivity contribution is 7.13. The quantitative estimate of drug-likeness (QED) is 0.821. The van der Waals surface area contributed by atoms with E-state index in [0.717, 1.165) is 29.8 Å². The Kier molecular flexibility index (Phi) is 5.22. The molecule has 0 radical (unpaired) electrons. The monoisotopic (exact) mass is 362 g/mol. The predicted molar refractivity (Wildman–Crippen MR) is 94.3 cm³/mol. The van der Waals surface area contributed by atoms with Crippen LogP contribution in [0, 0.1) is 5.92 Å². The van der Waals surface area contributed by atoms with Crippen molar-refractivity contribution in [2.24, 2.45) is 5.92 Å². The second kappa shape index (κ2) is 7.39. The summed E-state index contributed by atoms with van der Waals surface area (Å²) >= 11 is 1.44. The minimum absolute atomic E-state index is 0.0839. The maximum absolute atomic E-state index is 12.4. The Labute approximate surface area is 150 Å². The highest BCUT2D eigenvalue weighted by Crippen LogP contribution is 2.34. The van der Waals surface area contributed by atoms with Crippen molar-refractivity contribution in [2.75, 3.05) is 0 Å². The molecule has 1 saturated carbocycles. The van der Waals surface area contributed by atoms with Crippen molar-refractivity contribution in [2.45, 2.75) is 51.0 Å². The second-order valence-electron chi connectivity index (χ2n) is 6.62. The molecular weight excluding hydrogens is 340 g/mol. The Morgan fingerprint density at radius 3 is 2.80 bits per heavy atom. The molecule has 0 spiro atoms. The van der Waals surface area contributed by atoms with Gasteiger partial charge < -0.3 is 14.8 Å². The van der Waals surface area contributed by atoms with Gasteiger partial charge in [-0.25, -0.2) is 9.78 Å². The molecule has 2 aromatic heterocycles. The van der Waals surface area contributed by atoms with Crippen LogP contribution in [0.3, 0.4) is 0 Å². The zero-order chi connectivity index (χ0) is 17.9. The number of carboxylic acids is 1. The first kappa shape index (κ1) is 17.7. The number of nitrogens with zero attached hydrogens (tertiary/aromatic N) is 1. The summed E-state index contributed by atoms with van der Waals surface area (Å²) in [6.45, 7) is 2.12. The maximum Gasteiger partial charge on any atom is 0.329 e. The number of hydrogen-bond acceptors (Lipinski definition) is 5. The molecule has 0 aromatic carbocycles. The van der Waals surface area contributed by atoms with Gasteiger partial charge in [0.05, 0.1) is 18.4 Å². The van der Waals surface area contributed by atoms with E-state index < -0.39 is 11.5 Å². The summed E-state index contributed by atoms with van der Waals surface area (Å²) in [6.07, 6.45) is 6.98. The Morgan fingerprint density at radius 2 is 2.20 bits per heavy atom. The Hall–Kier alpha value is -2.15. The van der Waals surface area contributed by atoms with Crippen molar-refractivity contribution >= 4 is 23.2 Å². The molecule has 2 aromatic rings. The van der Waals surface area contributed by atoms with Crippen molar-refractivity contribution in [1.82, 2.24) is 10.3 Å². The molecule has 1 aliphatic carbocycles. The number of rotatable bonds is 6. The van der Waals surface area contributed by atoms with E-state index in [-0.39, 0.29) is 12.3 Å². The van der Waals surface area contributed by atoms with E-state index >= 15 is 0 Å². The molecule has 1 fully saturated rings. The molecule has 2 N–H and O–H groups in total. The first-order valence-corrected chi connectivity index (χ1v) is 9.42. The van der Waals surface area contributed by atoms with Crippen LogP contribution in [-0.2, 0) is 16.0 Å². The molecule has 7 heteroatoms. The Bertz CT molecular complexity index is 730. The van der Waals surface area contributed by atoms with E-state index in [0.29, 0.717) is 24.5 Å². The fourth-order valence-electron chi connectivity index (χ4n) is 3.35. The number of nitrogens with one attached hydrogen (secondary N) is 1. The standard InChI is InChI=1S/C18H22N2O4S/c1-2-12-3-6-18(7-4-12,17(22)23)20-15(21)9-14-11-25-16(19-14)13-5-8-24-10-13/h5,8,10-12H,2-4,6-7,9H2,1H3,(H,20,21)(H,22,23). The first-order valence-electron chi connectivity index (χ1n) is 8.54. The van der Waals surface area contributed by atoms with Crippen molar-refractivity contribution in [3.05, 3.63) is 29.7 Å². The molecule has 0 aliphatic heterocycles. The number of aromatic nitrogens is 1. The number of aliphatic carboxylic acids is 1. The van der Waals surface area contributed by atoms with Gasteiger partial charge in [0.2, 0.25) is 5.91 Å². The van der Waals surface area contributed by atoms with Crippen molar-refractivity contribution < 1.29 is 19.1 Å². The number of thiazole rings is 1. The van der Waals surface area contributed by atoms with Gasteiger partial charge in [-0.1, -0.05) is 13.3 Å². The summed E-state index contributed by atoms with van der Waals surface area (Å²) in [6, 6.07) is 1.81. The lowest BCUT2D eigenvalue weighted by molar-refractivity contribution is -0.149. The fraction of sp³-hybridized carbons (Fsp3) is 0.500. The third kappa shape index (κ3) is 3.92. The van der Waals surface area contributed by atoms with Gasteiger partial charge >= 0.3 is 5.97 Å². The van der Waals surface area contributed by atoms with E-state index in [1.165, 1.54) is 11.3 Å². The van der Waals surface area contributed by atoms with Crippen LogP contribution in [-0.4, -0.2) is 27.5 Å². The van der Waals surface area contributed by atoms with Gasteiger partial charge in [0.25, 0.3) is 0 Å². The molecule has 2 heterocycles. The topological polar surface area (TPSA) is 92.4 Å². The molecule has 25 heavy (non-hydrogen) atoms. The smallest absolute Gasteiger partial charge is 0.329 e. The summed E-state index contributed by atoms with van der Waals surface area (Å²) in [4.78, 5) is 28.6. The van der Waals surface area contributed by atoms with Gasteiger partial charge in [0.1, 0.15) is 16.8 Å². The second-order valence-corrected chi connectivity index (χ2v) is 7.48. The van der Waals surface area contributed by atoms with Crippen LogP contribution in [0.1, 0.15) is 44.7 Å². The van der Waals surface area contributed by atoms with E-state index in [4.69, 9.17) is 4.42 Å². The van der Waals surface area contributed by atoms with Gasteiger partial charge in [-0.15, -0.1) is 11.3 Å². The lowest BCUT2D eigenvalue weighted by Gasteiger charge is -2.37. The molecule has 0 bridgehead atoms. The molecule has 0 saturated heterocycles. The summed E-state index contributed by atoms with van der Waals surface area (Å²) < 4.78 is 5.04. The van der Waals surface area contributed by atoms with Crippen molar-refractivity contribution in [1.29, 1.82) is 0 Å². The van der Waals surface area contributed by atoms with Crippen LogP contribution in [0.15, 0.2) is 28.4 Å². The minimum Gasteiger partial charge on any atom is -0.480 e. The normalized spacial score (nSPS) is 23.3. The number of amides is 1. The van der Waals surface area contributed by atoms with Crippen LogP contribution >= 0.6 is 11.3 Å². The third-order valence-electron chi connectivity index (χ3n) is 4.99. The Morgan fingerprint density at radius 1 is 1.44 bits per heavy atom. The maximum atomic E-state index is 12.4. The van der Waals surface area contributed by atoms with E-state index in [9.17, 15) is 14.7 Å². The van der Waals surface area contributed by atoms with Crippen molar-refractivity contribution in [3.63, 3.8) is 0 Å². The van der Waals surface area contributed by atoms with Crippen molar-refractivity contribution in [3.8, 4) is 10.6 Å². The number of hydrogen-bond donors (Lipinski definition) is 2. The molecule has 0 atom stereocenters. The highest BCUT2D eigenvalue weighted by Gasteiger charge is 2.42. The summed E-state index contributed by atoms with van der Waals surface area (Å²) in [5, 5.41) is 15.0. The number of carboxylic acid groups (broad SMARTS) is 1. The fourth-order valence-corrected chi connectivity index (χ4v) is 4.16. The molecule has 6 nitrogen and oxygen atoms in total. The lowest BCUT2D eigenvalue weighted by atomic mass is 9.75. The van der Waals surface area contributed by atoms with Crippen LogP contribution in [0.2, 0.25) is 0 Å². The van der Waals surface area contributed by atoms with E-state index in [1.807, 2.05) is 11.4 Å². The van der Waals surface area contributed by atoms with Crippen LogP contribution in [0.4, 0.5) is 0 Å². The van der Waals surface area contributed by atoms with Crippen LogP contribution in [0.5, 0.6) is 0 Å². The van der Waals surface area contributed by atoms with Gasteiger partial charge in [-0.05, 0) is 37.7 Å². The molecule has 1 amide bonds. The SMILES string of the molecule is CCC1CCC(NC(=O)Cc2csc(-c3ccoc3)n2)(C(=O)O)CC1. The predicted octanol–water partition coefficient (Wildman–Crippen LogP) is 3.49. The molecule has 1 aliphatic rings. The van der Waals surface area contributed by atoms with Crippen LogP contribution in [0.25, 0.3) is 10.6 Å². The van der Waals surface area contributed by atoms with Crippen LogP contribution < -0.4 is 5.32 Å². The van der Waals surface area contributed by atoms with Gasteiger partial charge in [0, 0.05) is 10.9 Å². The van der Waals surface area contributed by atoms with E-state index in [1.54, 1.807) is 12.5 Å². The zero-order valence-corrected chi connectivity index (χ0v) is 15.0. The van der Waals surface area contributed by atoms with Gasteiger partial charge in [-0.2, -0.15) is 0 Å². The lowest BCUT2D eigenvalue weighted by Crippen LogP contribution is -2.56. The molecule has 134 valence electrons. The van der Waals surface area contributed by atoms with Gasteiger partial charge in [-0.3, -0.25) is 4.79 Å². The highest BCUT2D eigenvalue weighted by atomic mass is 32.1. The Balaban J connectivity index is 1.64. The number of carbonyl (C=O) groups is 2. The average Bonchev–Trinajstić information content (AvgIpc) is 3.26. The molecule has 3 rings (SSSR count). The third-order valence-corrected chi connectivity index (χ3v) is 5.93. The summed E-state index contributed by atoms with van der Waals surface area (Å²) in [5.74, 6) is -0.672. The molecule has 0 unspecified atom stereocenters. The first-order chi connectivity index (χ1) is 12.0. The average molecular weight is 362 g/mol. The number of carbonyl (C=O) groups excluding carboxylic acids is 1. The molecular formula is C18H22N2O4S. The summed E-state index contributed by atoms with van der Waals surface area (Å²) in [7, 11) is 0. The minimum atomic E-state index is -1.13. The largest absolute Gasteiger partial charge is 0.480 e. The zero-order valence-electron chi connectivity index (χ0n) is 14.2. The summed E-state index contributed by atoms with van der Waals surface area (Å²) in [5.41, 5.74) is 0.379. The van der Waals surface area contributed by atoms with Gasteiger partial charge in [0.15, 0.2) is 0 Å².